The first kappa shape index (κ1) is 19.8. The summed E-state index contributed by atoms with van der Waals surface area (Å²) in [6.07, 6.45) is 1.78. The number of carbonyl (C=O) groups is 1. The van der Waals surface area contributed by atoms with Crippen LogP contribution in [0.1, 0.15) is 24.3 Å². The van der Waals surface area contributed by atoms with Gasteiger partial charge in [0.05, 0.1) is 12.4 Å². The van der Waals surface area contributed by atoms with Crippen LogP contribution in [0, 0.1) is 0 Å². The topological polar surface area (TPSA) is 111 Å². The molecular formula is C19H26N2O6S. The number of ether oxygens (including phenoxy) is 2. The summed E-state index contributed by atoms with van der Waals surface area (Å²) in [6.45, 7) is -0.329. The Morgan fingerprint density at radius 3 is 2.50 bits per heavy atom. The molecule has 0 amide bonds. The Kier molecular flexibility index (Phi) is 5.45. The minimum atomic E-state index is -3.77. The number of piperidine rings is 1. The number of hydrogen-bond donors (Lipinski definition) is 1. The fourth-order valence-electron chi connectivity index (χ4n) is 4.40. The lowest BCUT2D eigenvalue weighted by Gasteiger charge is -2.38. The standard InChI is InChI=1S/C19H26N2O6S/c1-21-15-9-13(10-16(21)18-17(15)27-18)26-19(22)14(12-5-3-2-4-6-12)11-25-28(23,24)8-7-20/h2-6,13-18H,7-11,20H2,1H3/t13-,14-,15-,16+,17-,18+/m1/s1. The average Bonchev–Trinajstić information content (AvgIpc) is 3.41. The molecule has 154 valence electrons. The Morgan fingerprint density at radius 1 is 1.25 bits per heavy atom. The van der Waals surface area contributed by atoms with E-state index in [0.717, 1.165) is 12.8 Å². The average molecular weight is 410 g/mol. The zero-order chi connectivity index (χ0) is 19.9. The van der Waals surface area contributed by atoms with Crippen molar-refractivity contribution in [1.82, 2.24) is 4.90 Å². The second-order valence-electron chi connectivity index (χ2n) is 7.69. The van der Waals surface area contributed by atoms with Gasteiger partial charge in [-0.1, -0.05) is 30.3 Å². The van der Waals surface area contributed by atoms with Crippen molar-refractivity contribution < 1.29 is 26.9 Å². The van der Waals surface area contributed by atoms with E-state index in [1.807, 2.05) is 6.07 Å². The maximum absolute atomic E-state index is 12.9. The van der Waals surface area contributed by atoms with Crippen molar-refractivity contribution in [3.63, 3.8) is 0 Å². The van der Waals surface area contributed by atoms with Crippen LogP contribution < -0.4 is 5.73 Å². The molecule has 3 heterocycles. The predicted octanol–water partition coefficient (Wildman–Crippen LogP) is 0.231. The highest BCUT2D eigenvalue weighted by molar-refractivity contribution is 7.86. The number of rotatable bonds is 8. The Bertz CT molecular complexity index is 799. The second-order valence-corrected chi connectivity index (χ2v) is 9.45. The smallest absolute Gasteiger partial charge is 0.316 e. The number of nitrogens with zero attached hydrogens (tertiary/aromatic N) is 1. The highest BCUT2D eigenvalue weighted by atomic mass is 32.2. The molecule has 1 aromatic carbocycles. The van der Waals surface area contributed by atoms with Crippen molar-refractivity contribution in [2.45, 2.75) is 49.2 Å². The molecule has 1 aromatic rings. The van der Waals surface area contributed by atoms with E-state index < -0.39 is 22.0 Å². The number of epoxide rings is 1. The maximum atomic E-state index is 12.9. The number of likely N-dealkylation sites (N-methyl/N-ethyl adjacent to an activating group) is 1. The summed E-state index contributed by atoms with van der Waals surface area (Å²) in [5.74, 6) is -1.56. The lowest BCUT2D eigenvalue weighted by molar-refractivity contribution is -0.156. The van der Waals surface area contributed by atoms with Gasteiger partial charge in [-0.25, -0.2) is 0 Å². The first-order valence-electron chi connectivity index (χ1n) is 9.59. The largest absolute Gasteiger partial charge is 0.462 e. The van der Waals surface area contributed by atoms with Gasteiger partial charge in [-0.05, 0) is 12.6 Å². The molecule has 3 aliphatic rings. The van der Waals surface area contributed by atoms with Crippen LogP contribution in [-0.4, -0.2) is 75.6 Å². The molecule has 0 aromatic heterocycles. The molecule has 2 N–H and O–H groups in total. The minimum absolute atomic E-state index is 0.0362. The molecule has 6 atom stereocenters. The van der Waals surface area contributed by atoms with Gasteiger partial charge in [-0.15, -0.1) is 0 Å². The predicted molar refractivity (Wildman–Crippen MR) is 101 cm³/mol. The highest BCUT2D eigenvalue weighted by Gasteiger charge is 2.62. The Hall–Kier alpha value is -1.52. The van der Waals surface area contributed by atoms with Gasteiger partial charge in [0.1, 0.15) is 24.2 Å². The summed E-state index contributed by atoms with van der Waals surface area (Å²) in [5, 5.41) is 0. The van der Waals surface area contributed by atoms with Gasteiger partial charge in [0.2, 0.25) is 0 Å². The number of morpholine rings is 1. The van der Waals surface area contributed by atoms with Crippen molar-refractivity contribution in [3.05, 3.63) is 35.9 Å². The molecule has 3 fully saturated rings. The molecule has 3 saturated heterocycles. The van der Waals surface area contributed by atoms with Gasteiger partial charge in [0, 0.05) is 31.5 Å². The molecule has 0 saturated carbocycles. The van der Waals surface area contributed by atoms with E-state index in [0.29, 0.717) is 5.56 Å². The zero-order valence-electron chi connectivity index (χ0n) is 15.8. The Balaban J connectivity index is 1.43. The molecule has 0 unspecified atom stereocenters. The van der Waals surface area contributed by atoms with Crippen LogP contribution >= 0.6 is 0 Å². The fraction of sp³-hybridized carbons (Fsp3) is 0.632. The number of hydrogen-bond acceptors (Lipinski definition) is 8. The van der Waals surface area contributed by atoms with E-state index in [9.17, 15) is 13.2 Å². The Morgan fingerprint density at radius 2 is 1.89 bits per heavy atom. The number of carbonyl (C=O) groups excluding carboxylic acids is 1. The van der Waals surface area contributed by atoms with Crippen LogP contribution in [0.15, 0.2) is 30.3 Å². The van der Waals surface area contributed by atoms with Gasteiger partial charge < -0.3 is 15.2 Å². The summed E-state index contributed by atoms with van der Waals surface area (Å²) in [7, 11) is -1.68. The first-order valence-corrected chi connectivity index (χ1v) is 11.2. The van der Waals surface area contributed by atoms with Crippen molar-refractivity contribution >= 4 is 16.1 Å². The van der Waals surface area contributed by atoms with E-state index in [1.165, 1.54) is 0 Å². The summed E-state index contributed by atoms with van der Waals surface area (Å²) in [6, 6.07) is 9.52. The number of benzene rings is 1. The first-order chi connectivity index (χ1) is 13.4. The molecule has 9 heteroatoms. The van der Waals surface area contributed by atoms with Gasteiger partial charge in [0.25, 0.3) is 10.1 Å². The fourth-order valence-corrected chi connectivity index (χ4v) is 5.15. The van der Waals surface area contributed by atoms with Gasteiger partial charge in [-0.3, -0.25) is 13.9 Å². The van der Waals surface area contributed by atoms with Crippen molar-refractivity contribution in [2.75, 3.05) is 26.0 Å². The molecule has 2 bridgehead atoms. The van der Waals surface area contributed by atoms with E-state index in [4.69, 9.17) is 19.4 Å². The third kappa shape index (κ3) is 3.95. The summed E-state index contributed by atoms with van der Waals surface area (Å²) in [5.41, 5.74) is 5.97. The molecule has 4 rings (SSSR count). The molecule has 8 nitrogen and oxygen atoms in total. The van der Waals surface area contributed by atoms with Gasteiger partial charge in [-0.2, -0.15) is 8.42 Å². The normalized spacial score (nSPS) is 32.6. The quantitative estimate of drug-likeness (QED) is 0.368. The second kappa shape index (κ2) is 7.72. The summed E-state index contributed by atoms with van der Waals surface area (Å²) < 4.78 is 40.3. The van der Waals surface area contributed by atoms with Crippen LogP contribution in [-0.2, 0) is 28.6 Å². The van der Waals surface area contributed by atoms with Crippen molar-refractivity contribution in [3.8, 4) is 0 Å². The minimum Gasteiger partial charge on any atom is -0.462 e. The number of nitrogens with two attached hydrogens (primary N) is 1. The van der Waals surface area contributed by atoms with Crippen molar-refractivity contribution in [1.29, 1.82) is 0 Å². The van der Waals surface area contributed by atoms with Crippen LogP contribution in [0.4, 0.5) is 0 Å². The third-order valence-corrected chi connectivity index (χ3v) is 7.16. The van der Waals surface area contributed by atoms with Crippen LogP contribution in [0.3, 0.4) is 0 Å². The van der Waals surface area contributed by atoms with Crippen LogP contribution in [0.25, 0.3) is 0 Å². The number of esters is 1. The molecule has 0 radical (unpaired) electrons. The third-order valence-electron chi connectivity index (χ3n) is 5.93. The van der Waals surface area contributed by atoms with E-state index in [1.54, 1.807) is 24.3 Å². The van der Waals surface area contributed by atoms with Gasteiger partial charge in [0.15, 0.2) is 0 Å². The van der Waals surface area contributed by atoms with Crippen LogP contribution in [0.2, 0.25) is 0 Å². The van der Waals surface area contributed by atoms with Crippen LogP contribution in [0.5, 0.6) is 0 Å². The molecular weight excluding hydrogens is 384 g/mol. The molecule has 0 spiro atoms. The highest BCUT2D eigenvalue weighted by Crippen LogP contribution is 2.48. The molecule has 28 heavy (non-hydrogen) atoms. The van der Waals surface area contributed by atoms with E-state index in [2.05, 4.69) is 11.9 Å². The summed E-state index contributed by atoms with van der Waals surface area (Å²) >= 11 is 0. The van der Waals surface area contributed by atoms with Crippen molar-refractivity contribution in [2.24, 2.45) is 5.73 Å². The van der Waals surface area contributed by atoms with E-state index >= 15 is 0 Å². The lowest BCUT2D eigenvalue weighted by Crippen LogP contribution is -2.48. The molecule has 3 aliphatic heterocycles. The maximum Gasteiger partial charge on any atom is 0.316 e. The summed E-state index contributed by atoms with van der Waals surface area (Å²) in [4.78, 5) is 15.2. The zero-order valence-corrected chi connectivity index (χ0v) is 16.6. The molecule has 0 aliphatic carbocycles. The SMILES string of the molecule is CN1[C@@H]2C[C@@H](OC(=O)[C@H](COS(=O)(=O)CCN)c3ccccc3)C[C@H]1[C@@H]1O[C@@H]12. The lowest BCUT2D eigenvalue weighted by atomic mass is 9.97. The number of fused-ring (bicyclic) bond motifs is 5. The van der Waals surface area contributed by atoms with Gasteiger partial charge >= 0.3 is 5.97 Å². The monoisotopic (exact) mass is 410 g/mol. The van der Waals surface area contributed by atoms with E-state index in [-0.39, 0.29) is 49.3 Å². The Labute approximate surface area is 165 Å².